The molecule has 1 heterocycles. The lowest BCUT2D eigenvalue weighted by Crippen LogP contribution is -2.71. The first-order valence-corrected chi connectivity index (χ1v) is 11.0. The molecule has 0 radical (unpaired) electrons. The Morgan fingerprint density at radius 2 is 0.576 bits per heavy atom. The largest absolute Gasteiger partial charge is 0.348 e. The van der Waals surface area contributed by atoms with Crippen LogP contribution in [0.5, 0.6) is 0 Å². The molecule has 10 nitrogen and oxygen atoms in total. The highest BCUT2D eigenvalue weighted by molar-refractivity contribution is 6.00. The molecule has 0 spiro atoms. The fourth-order valence-electron chi connectivity index (χ4n) is 2.87. The van der Waals surface area contributed by atoms with Crippen molar-refractivity contribution in [3.05, 3.63) is 0 Å². The summed E-state index contributed by atoms with van der Waals surface area (Å²) in [6.07, 6.45) is 0. The summed E-state index contributed by atoms with van der Waals surface area (Å²) in [6.45, 7) is 18.9. The van der Waals surface area contributed by atoms with E-state index in [-0.39, 0.29) is 0 Å². The molecule has 188 valence electrons. The van der Waals surface area contributed by atoms with E-state index >= 15 is 0 Å². The average molecular weight is 468 g/mol. The van der Waals surface area contributed by atoms with Gasteiger partial charge in [0.05, 0.1) is 5.41 Å². The molecule has 10 heteroatoms. The normalized spacial score (nSPS) is 26.7. The van der Waals surface area contributed by atoms with Crippen LogP contribution in [0.15, 0.2) is 0 Å². The standard InChI is InChI=1S/C23H41N5O5/c1-18(2)13(29)24-19(3,4)14(30)25-20(5,6)15(31)26-21(7,8)16(32)27-22(9,10)17(33)28-23(18,11)12/h1-12H3,(H,24,29)(H,25,30)(H,26,31)(H,27,32)(H,28,33). The molecule has 1 fully saturated rings. The maximum absolute atomic E-state index is 13.2. The Bertz CT molecular complexity index is 868. The zero-order chi connectivity index (χ0) is 26.4. The summed E-state index contributed by atoms with van der Waals surface area (Å²) in [4.78, 5) is 65.3. The molecule has 5 N–H and O–H groups in total. The van der Waals surface area contributed by atoms with E-state index in [4.69, 9.17) is 0 Å². The van der Waals surface area contributed by atoms with E-state index < -0.39 is 62.6 Å². The molecule has 0 bridgehead atoms. The van der Waals surface area contributed by atoms with E-state index in [1.807, 2.05) is 0 Å². The summed E-state index contributed by atoms with van der Waals surface area (Å²) in [5.41, 5.74) is -7.69. The highest BCUT2D eigenvalue weighted by Crippen LogP contribution is 2.32. The second-order valence-electron chi connectivity index (χ2n) is 12.0. The summed E-state index contributed by atoms with van der Waals surface area (Å²) in [7, 11) is 0. The van der Waals surface area contributed by atoms with Gasteiger partial charge in [0.25, 0.3) is 0 Å². The minimum atomic E-state index is -1.39. The molecule has 0 saturated carbocycles. The van der Waals surface area contributed by atoms with E-state index in [2.05, 4.69) is 26.6 Å². The number of hydrogen-bond donors (Lipinski definition) is 5. The third-order valence-electron chi connectivity index (χ3n) is 6.53. The van der Waals surface area contributed by atoms with Gasteiger partial charge in [0.1, 0.15) is 22.2 Å². The summed E-state index contributed by atoms with van der Waals surface area (Å²) >= 11 is 0. The summed E-state index contributed by atoms with van der Waals surface area (Å²) in [5.74, 6) is -2.74. The minimum absolute atomic E-state index is 0.467. The Hall–Kier alpha value is -2.65. The van der Waals surface area contributed by atoms with Gasteiger partial charge in [0, 0.05) is 5.54 Å². The molecule has 1 rings (SSSR count). The fraction of sp³-hybridized carbons (Fsp3) is 0.783. The van der Waals surface area contributed by atoms with Gasteiger partial charge in [-0.3, -0.25) is 24.0 Å². The number of carbonyl (C=O) groups is 5. The van der Waals surface area contributed by atoms with Gasteiger partial charge in [-0.2, -0.15) is 0 Å². The van der Waals surface area contributed by atoms with E-state index in [1.165, 1.54) is 55.4 Å². The third-order valence-corrected chi connectivity index (χ3v) is 6.53. The Balaban J connectivity index is 3.58. The fourth-order valence-corrected chi connectivity index (χ4v) is 2.87. The predicted molar refractivity (Wildman–Crippen MR) is 125 cm³/mol. The van der Waals surface area contributed by atoms with Gasteiger partial charge in [-0.05, 0) is 83.1 Å². The van der Waals surface area contributed by atoms with Crippen molar-refractivity contribution in [2.75, 3.05) is 0 Å². The minimum Gasteiger partial charge on any atom is -0.348 e. The first kappa shape index (κ1) is 28.4. The van der Waals surface area contributed by atoms with Crippen LogP contribution in [0.4, 0.5) is 0 Å². The van der Waals surface area contributed by atoms with E-state index in [0.717, 1.165) is 0 Å². The van der Waals surface area contributed by atoms with Crippen molar-refractivity contribution in [2.24, 2.45) is 5.41 Å². The number of nitrogens with one attached hydrogen (secondary N) is 5. The van der Waals surface area contributed by atoms with Crippen molar-refractivity contribution >= 4 is 29.5 Å². The van der Waals surface area contributed by atoms with Crippen LogP contribution < -0.4 is 26.6 Å². The Morgan fingerprint density at radius 1 is 0.364 bits per heavy atom. The highest BCUT2D eigenvalue weighted by atomic mass is 16.2. The molecule has 0 aromatic rings. The van der Waals surface area contributed by atoms with Gasteiger partial charge >= 0.3 is 0 Å². The molecule has 0 aromatic carbocycles. The first-order valence-electron chi connectivity index (χ1n) is 11.0. The van der Waals surface area contributed by atoms with Crippen LogP contribution in [0.2, 0.25) is 0 Å². The molecule has 33 heavy (non-hydrogen) atoms. The van der Waals surface area contributed by atoms with Crippen molar-refractivity contribution in [1.29, 1.82) is 0 Å². The smallest absolute Gasteiger partial charge is 0.246 e. The van der Waals surface area contributed by atoms with Crippen molar-refractivity contribution in [3.8, 4) is 0 Å². The SMILES string of the molecule is CC1(C)NC(=O)C(C)(C)NC(=O)C(C)(C)NC(=O)C(C)(C)C(C)(C)NC(=O)C(C)(C)NC1=O. The zero-order valence-electron chi connectivity index (χ0n) is 22.0. The molecule has 1 aliphatic heterocycles. The summed E-state index contributed by atoms with van der Waals surface area (Å²) < 4.78 is 0. The number of carbonyl (C=O) groups excluding carboxylic acids is 5. The molecular formula is C23H41N5O5. The number of hydrogen-bond acceptors (Lipinski definition) is 5. The van der Waals surface area contributed by atoms with E-state index in [0.29, 0.717) is 0 Å². The average Bonchev–Trinajstić information content (AvgIpc) is 2.58. The maximum atomic E-state index is 13.2. The molecule has 0 atom stereocenters. The van der Waals surface area contributed by atoms with Gasteiger partial charge in [-0.25, -0.2) is 0 Å². The topological polar surface area (TPSA) is 146 Å². The van der Waals surface area contributed by atoms with E-state index in [1.54, 1.807) is 27.7 Å². The first-order chi connectivity index (χ1) is 14.4. The van der Waals surface area contributed by atoms with Gasteiger partial charge in [0.15, 0.2) is 0 Å². The Morgan fingerprint density at radius 3 is 0.848 bits per heavy atom. The predicted octanol–water partition coefficient (Wildman–Crippen LogP) is 0.500. The molecule has 1 saturated heterocycles. The molecular weight excluding hydrogens is 426 g/mol. The lowest BCUT2D eigenvalue weighted by Gasteiger charge is -2.44. The van der Waals surface area contributed by atoms with Crippen molar-refractivity contribution < 1.29 is 24.0 Å². The number of amides is 5. The van der Waals surface area contributed by atoms with Crippen LogP contribution >= 0.6 is 0 Å². The second kappa shape index (κ2) is 8.29. The van der Waals surface area contributed by atoms with Crippen molar-refractivity contribution in [3.63, 3.8) is 0 Å². The van der Waals surface area contributed by atoms with Crippen LogP contribution in [0.3, 0.4) is 0 Å². The Labute approximate surface area is 196 Å². The highest BCUT2D eigenvalue weighted by Gasteiger charge is 2.49. The maximum Gasteiger partial charge on any atom is 0.246 e. The van der Waals surface area contributed by atoms with Crippen LogP contribution in [-0.4, -0.2) is 57.2 Å². The molecule has 5 amide bonds. The second-order valence-corrected chi connectivity index (χ2v) is 12.0. The third kappa shape index (κ3) is 5.83. The molecule has 0 unspecified atom stereocenters. The lowest BCUT2D eigenvalue weighted by molar-refractivity contribution is -0.145. The molecule has 0 aliphatic carbocycles. The van der Waals surface area contributed by atoms with Crippen LogP contribution in [-0.2, 0) is 24.0 Å². The summed E-state index contributed by atoms with van der Waals surface area (Å²) in [5, 5.41) is 13.6. The van der Waals surface area contributed by atoms with Crippen LogP contribution in [0.25, 0.3) is 0 Å². The summed E-state index contributed by atoms with van der Waals surface area (Å²) in [6, 6.07) is 0. The van der Waals surface area contributed by atoms with Crippen molar-refractivity contribution in [2.45, 2.75) is 111 Å². The van der Waals surface area contributed by atoms with Gasteiger partial charge < -0.3 is 26.6 Å². The molecule has 0 aromatic heterocycles. The van der Waals surface area contributed by atoms with Gasteiger partial charge in [0.2, 0.25) is 29.5 Å². The number of rotatable bonds is 0. The van der Waals surface area contributed by atoms with Crippen LogP contribution in [0, 0.1) is 5.41 Å². The van der Waals surface area contributed by atoms with E-state index in [9.17, 15) is 24.0 Å². The van der Waals surface area contributed by atoms with Crippen LogP contribution in [0.1, 0.15) is 83.1 Å². The monoisotopic (exact) mass is 467 g/mol. The van der Waals surface area contributed by atoms with Crippen molar-refractivity contribution in [1.82, 2.24) is 26.6 Å². The van der Waals surface area contributed by atoms with Gasteiger partial charge in [-0.15, -0.1) is 0 Å². The zero-order valence-corrected chi connectivity index (χ0v) is 22.0. The Kier molecular flexibility index (Phi) is 7.13. The molecule has 1 aliphatic rings. The quantitative estimate of drug-likeness (QED) is 0.352. The lowest BCUT2D eigenvalue weighted by atomic mass is 9.72. The van der Waals surface area contributed by atoms with Gasteiger partial charge in [-0.1, -0.05) is 0 Å².